The van der Waals surface area contributed by atoms with Crippen LogP contribution in [0.2, 0.25) is 0 Å². The van der Waals surface area contributed by atoms with Gasteiger partial charge in [0.15, 0.2) is 5.52 Å². The van der Waals surface area contributed by atoms with Gasteiger partial charge in [0.1, 0.15) is 11.6 Å². The number of hydrogen-bond donors (Lipinski definition) is 0. The average molecular weight is 293 g/mol. The van der Waals surface area contributed by atoms with Gasteiger partial charge in [-0.15, -0.1) is 0 Å². The highest BCUT2D eigenvalue weighted by atomic mass is 19.1. The van der Waals surface area contributed by atoms with Crippen molar-refractivity contribution in [3.05, 3.63) is 71.6 Å². The van der Waals surface area contributed by atoms with Crippen LogP contribution in [-0.2, 0) is 0 Å². The van der Waals surface area contributed by atoms with Gasteiger partial charge < -0.3 is 5.21 Å². The van der Waals surface area contributed by atoms with Gasteiger partial charge in [0, 0.05) is 11.8 Å². The van der Waals surface area contributed by atoms with E-state index >= 15 is 0 Å². The van der Waals surface area contributed by atoms with Crippen molar-refractivity contribution in [3.63, 3.8) is 0 Å². The van der Waals surface area contributed by atoms with E-state index in [0.29, 0.717) is 11.0 Å². The molecular weight excluding hydrogens is 281 g/mol. The second-order valence-electron chi connectivity index (χ2n) is 5.18. The van der Waals surface area contributed by atoms with Crippen LogP contribution < -0.4 is 4.73 Å². The number of fused-ring (bicyclic) bond motifs is 3. The zero-order valence-corrected chi connectivity index (χ0v) is 11.8. The minimum absolute atomic E-state index is 0.284. The highest BCUT2D eigenvalue weighted by Crippen LogP contribution is 2.26. The lowest BCUT2D eigenvalue weighted by Gasteiger charge is -2.09. The highest BCUT2D eigenvalue weighted by molar-refractivity contribution is 6.01. The average Bonchev–Trinajstić information content (AvgIpc) is 2.84. The highest BCUT2D eigenvalue weighted by Gasteiger charge is 2.17. The number of aryl methyl sites for hydroxylation is 1. The van der Waals surface area contributed by atoms with Crippen LogP contribution in [0.25, 0.3) is 27.6 Å². The van der Waals surface area contributed by atoms with Crippen molar-refractivity contribution in [2.45, 2.75) is 6.92 Å². The molecule has 2 heterocycles. The van der Waals surface area contributed by atoms with Gasteiger partial charge in [-0.3, -0.25) is 4.57 Å². The third-order valence-electron chi connectivity index (χ3n) is 3.79. The lowest BCUT2D eigenvalue weighted by molar-refractivity contribution is -0.575. The molecular formula is C17H12FN3O. The van der Waals surface area contributed by atoms with Crippen molar-refractivity contribution in [2.75, 3.05) is 0 Å². The number of nitrogens with zero attached hydrogens (tertiary/aromatic N) is 3. The number of aromatic nitrogens is 3. The number of para-hydroxylation sites is 1. The molecule has 0 aliphatic rings. The number of imidazole rings is 1. The van der Waals surface area contributed by atoms with Crippen LogP contribution in [0.15, 0.2) is 54.7 Å². The molecule has 4 nitrogen and oxygen atoms in total. The molecule has 5 heteroatoms. The van der Waals surface area contributed by atoms with E-state index in [9.17, 15) is 9.60 Å². The van der Waals surface area contributed by atoms with E-state index < -0.39 is 0 Å². The van der Waals surface area contributed by atoms with Gasteiger partial charge in [0.05, 0.1) is 10.9 Å². The predicted octanol–water partition coefficient (Wildman–Crippen LogP) is 3.26. The van der Waals surface area contributed by atoms with Crippen LogP contribution in [0.3, 0.4) is 0 Å². The fraction of sp³-hybridized carbons (Fsp3) is 0.0588. The summed E-state index contributed by atoms with van der Waals surface area (Å²) in [4.78, 5) is 4.47. The fourth-order valence-electron chi connectivity index (χ4n) is 2.85. The summed E-state index contributed by atoms with van der Waals surface area (Å²) >= 11 is 0. The largest absolute Gasteiger partial charge is 0.618 e. The summed E-state index contributed by atoms with van der Waals surface area (Å²) in [5.74, 6) is 0.464. The summed E-state index contributed by atoms with van der Waals surface area (Å²) in [7, 11) is 0. The molecule has 0 unspecified atom stereocenters. The second kappa shape index (κ2) is 4.53. The SMILES string of the molecule is Cc1nc2c[n+]([O-])c3ccccc3c2n1-c1ccc(F)cc1. The zero-order chi connectivity index (χ0) is 15.3. The monoisotopic (exact) mass is 293 g/mol. The fourth-order valence-corrected chi connectivity index (χ4v) is 2.85. The minimum Gasteiger partial charge on any atom is -0.618 e. The van der Waals surface area contributed by atoms with Crippen molar-refractivity contribution in [1.82, 2.24) is 9.55 Å². The Balaban J connectivity index is 2.17. The Morgan fingerprint density at radius 1 is 1.09 bits per heavy atom. The number of pyridine rings is 1. The molecule has 2 aromatic carbocycles. The first-order chi connectivity index (χ1) is 10.6. The van der Waals surface area contributed by atoms with Crippen molar-refractivity contribution in [1.29, 1.82) is 0 Å². The summed E-state index contributed by atoms with van der Waals surface area (Å²) in [6.45, 7) is 1.87. The van der Waals surface area contributed by atoms with Crippen molar-refractivity contribution < 1.29 is 9.12 Å². The van der Waals surface area contributed by atoms with Gasteiger partial charge in [0.2, 0.25) is 11.7 Å². The van der Waals surface area contributed by atoms with Gasteiger partial charge in [-0.1, -0.05) is 12.1 Å². The third kappa shape index (κ3) is 1.75. The number of benzene rings is 2. The molecule has 0 spiro atoms. The zero-order valence-electron chi connectivity index (χ0n) is 11.8. The van der Waals surface area contributed by atoms with Crippen molar-refractivity contribution in [3.8, 4) is 5.69 Å². The molecule has 0 radical (unpaired) electrons. The first-order valence-corrected chi connectivity index (χ1v) is 6.91. The lowest BCUT2D eigenvalue weighted by atomic mass is 10.2. The lowest BCUT2D eigenvalue weighted by Crippen LogP contribution is -2.26. The summed E-state index contributed by atoms with van der Waals surface area (Å²) in [6.07, 6.45) is 1.48. The van der Waals surface area contributed by atoms with Gasteiger partial charge in [-0.2, -0.15) is 4.73 Å². The minimum atomic E-state index is -0.284. The van der Waals surface area contributed by atoms with Gasteiger partial charge in [0.25, 0.3) is 0 Å². The van der Waals surface area contributed by atoms with Crippen molar-refractivity contribution >= 4 is 21.9 Å². The molecule has 0 aliphatic carbocycles. The molecule has 0 saturated carbocycles. The van der Waals surface area contributed by atoms with E-state index in [2.05, 4.69) is 4.98 Å². The molecule has 0 fully saturated rings. The van der Waals surface area contributed by atoms with E-state index in [1.807, 2.05) is 29.7 Å². The van der Waals surface area contributed by atoms with E-state index in [1.165, 1.54) is 18.3 Å². The van der Waals surface area contributed by atoms with E-state index in [-0.39, 0.29) is 5.82 Å². The second-order valence-corrected chi connectivity index (χ2v) is 5.18. The maximum atomic E-state index is 13.2. The van der Waals surface area contributed by atoms with E-state index in [1.54, 1.807) is 18.2 Å². The Bertz CT molecular complexity index is 1010. The van der Waals surface area contributed by atoms with Crippen LogP contribution in [0.1, 0.15) is 5.82 Å². The van der Waals surface area contributed by atoms with Crippen LogP contribution in [-0.4, -0.2) is 9.55 Å². The molecule has 108 valence electrons. The van der Waals surface area contributed by atoms with Crippen LogP contribution >= 0.6 is 0 Å². The smallest absolute Gasteiger partial charge is 0.226 e. The van der Waals surface area contributed by atoms with Crippen LogP contribution in [0.4, 0.5) is 4.39 Å². The Labute approximate surface area is 125 Å². The summed E-state index contributed by atoms with van der Waals surface area (Å²) in [6, 6.07) is 13.6. The Kier molecular flexibility index (Phi) is 2.63. The molecule has 2 aromatic heterocycles. The van der Waals surface area contributed by atoms with Gasteiger partial charge >= 0.3 is 0 Å². The molecule has 0 saturated heterocycles. The number of rotatable bonds is 1. The summed E-state index contributed by atoms with van der Waals surface area (Å²) < 4.78 is 16.0. The first-order valence-electron chi connectivity index (χ1n) is 6.91. The molecule has 4 rings (SSSR count). The third-order valence-corrected chi connectivity index (χ3v) is 3.79. The Morgan fingerprint density at radius 2 is 1.82 bits per heavy atom. The normalized spacial score (nSPS) is 11.4. The standard InChI is InChI=1S/C17H12FN3O/c1-11-19-15-10-20(22)16-5-3-2-4-14(16)17(15)21(11)13-8-6-12(18)7-9-13/h2-10H,1H3. The molecule has 4 aromatic rings. The molecule has 0 aliphatic heterocycles. The van der Waals surface area contributed by atoms with Gasteiger partial charge in [-0.25, -0.2) is 9.37 Å². The van der Waals surface area contributed by atoms with Crippen LogP contribution in [0, 0.1) is 17.9 Å². The maximum Gasteiger partial charge on any atom is 0.226 e. The first kappa shape index (κ1) is 12.8. The summed E-state index contributed by atoms with van der Waals surface area (Å²) in [5, 5.41) is 12.9. The van der Waals surface area contributed by atoms with Crippen molar-refractivity contribution in [2.24, 2.45) is 0 Å². The topological polar surface area (TPSA) is 44.8 Å². The quantitative estimate of drug-likeness (QED) is 0.399. The Hall–Kier alpha value is -2.95. The number of halogens is 1. The number of hydrogen-bond acceptors (Lipinski definition) is 2. The Morgan fingerprint density at radius 3 is 2.59 bits per heavy atom. The van der Waals surface area contributed by atoms with E-state index in [0.717, 1.165) is 27.1 Å². The molecule has 0 atom stereocenters. The summed E-state index contributed by atoms with van der Waals surface area (Å²) in [5.41, 5.74) is 2.87. The predicted molar refractivity (Wildman–Crippen MR) is 82.2 cm³/mol. The van der Waals surface area contributed by atoms with E-state index in [4.69, 9.17) is 0 Å². The molecule has 0 amide bonds. The van der Waals surface area contributed by atoms with Crippen LogP contribution in [0.5, 0.6) is 0 Å². The molecule has 0 N–H and O–H groups in total. The molecule has 22 heavy (non-hydrogen) atoms. The van der Waals surface area contributed by atoms with Gasteiger partial charge in [-0.05, 0) is 37.3 Å². The maximum absolute atomic E-state index is 13.2. The molecule has 0 bridgehead atoms.